The smallest absolute Gasteiger partial charge is 0.326 e. The van der Waals surface area contributed by atoms with Gasteiger partial charge in [-0.25, -0.2) is 9.18 Å². The van der Waals surface area contributed by atoms with E-state index in [1.165, 1.54) is 21.9 Å². The van der Waals surface area contributed by atoms with Gasteiger partial charge in [-0.3, -0.25) is 14.7 Å². The second kappa shape index (κ2) is 9.68. The summed E-state index contributed by atoms with van der Waals surface area (Å²) in [6, 6.07) is 18.8. The third kappa shape index (κ3) is 4.61. The first kappa shape index (κ1) is 23.3. The Morgan fingerprint density at radius 3 is 2.49 bits per heavy atom. The highest BCUT2D eigenvalue weighted by molar-refractivity contribution is 6.34. The zero-order valence-corrected chi connectivity index (χ0v) is 20.0. The number of benzene rings is 3. The second-order valence-electron chi connectivity index (χ2n) is 8.35. The number of rotatable bonds is 3. The van der Waals surface area contributed by atoms with Crippen LogP contribution in [0.25, 0.3) is 0 Å². The molecule has 2 unspecified atom stereocenters. The summed E-state index contributed by atoms with van der Waals surface area (Å²) in [7, 11) is 0. The lowest BCUT2D eigenvalue weighted by molar-refractivity contribution is -0.123. The van der Waals surface area contributed by atoms with Gasteiger partial charge in [-0.2, -0.15) is 0 Å². The van der Waals surface area contributed by atoms with Crippen LogP contribution < -0.4 is 5.32 Å². The van der Waals surface area contributed by atoms with E-state index in [2.05, 4.69) is 5.32 Å². The van der Waals surface area contributed by atoms with Crippen LogP contribution in [0, 0.1) is 5.82 Å². The molecule has 5 rings (SSSR count). The van der Waals surface area contributed by atoms with Crippen molar-refractivity contribution in [2.45, 2.75) is 12.1 Å². The number of carbonyl (C=O) groups excluding carboxylic acids is 2. The lowest BCUT2D eigenvalue weighted by Gasteiger charge is -2.35. The molecule has 1 saturated heterocycles. The first-order chi connectivity index (χ1) is 16.9. The largest absolute Gasteiger partial charge is 0.353 e. The van der Waals surface area contributed by atoms with Crippen LogP contribution in [0.15, 0.2) is 77.8 Å². The Hall–Kier alpha value is -3.42. The SMILES string of the molecule is O=C1CN(C(=O)N2C(c3ccccc3Cl)=NC(c3ccc(Cl)cc3)C2c2cccc(F)c2)CCN1. The Bertz CT molecular complexity index is 1310. The average molecular weight is 511 g/mol. The molecule has 3 aromatic rings. The molecule has 0 spiro atoms. The standard InChI is InChI=1S/C26H21Cl2FN4O2/c27-18-10-8-16(9-11-18)23-24(17-4-3-5-19(29)14-17)33(26(35)32-13-12-30-22(34)15-32)25(31-23)20-6-1-2-7-21(20)28/h1-11,14,23-24H,12-13,15H2,(H,30,34). The molecule has 9 heteroatoms. The molecule has 1 N–H and O–H groups in total. The van der Waals surface area contributed by atoms with Gasteiger partial charge in [-0.1, -0.05) is 59.6 Å². The normalized spacial score (nSPS) is 20.0. The third-order valence-electron chi connectivity index (χ3n) is 6.10. The van der Waals surface area contributed by atoms with Gasteiger partial charge in [-0.15, -0.1) is 0 Å². The Labute approximate surface area is 212 Å². The number of piperazine rings is 1. The Balaban J connectivity index is 1.69. The van der Waals surface area contributed by atoms with Gasteiger partial charge in [0.05, 0.1) is 11.1 Å². The molecular formula is C26H21Cl2FN4O2. The molecule has 0 aromatic heterocycles. The number of urea groups is 1. The molecule has 3 amide bonds. The molecule has 2 aliphatic rings. The summed E-state index contributed by atoms with van der Waals surface area (Å²) >= 11 is 12.7. The van der Waals surface area contributed by atoms with Crippen LogP contribution in [-0.2, 0) is 4.79 Å². The predicted molar refractivity (Wildman–Crippen MR) is 133 cm³/mol. The fraction of sp³-hybridized carbons (Fsp3) is 0.192. The molecule has 2 aliphatic heterocycles. The Morgan fingerprint density at radius 1 is 1.00 bits per heavy atom. The van der Waals surface area contributed by atoms with Crippen molar-refractivity contribution in [1.29, 1.82) is 0 Å². The number of aliphatic imine (C=N–C) groups is 1. The molecule has 1 fully saturated rings. The lowest BCUT2D eigenvalue weighted by Crippen LogP contribution is -2.55. The molecule has 3 aromatic carbocycles. The van der Waals surface area contributed by atoms with Gasteiger partial charge in [0.15, 0.2) is 0 Å². The van der Waals surface area contributed by atoms with E-state index in [9.17, 15) is 14.0 Å². The van der Waals surface area contributed by atoms with Crippen LogP contribution in [0.1, 0.15) is 28.8 Å². The van der Waals surface area contributed by atoms with E-state index >= 15 is 0 Å². The van der Waals surface area contributed by atoms with E-state index < -0.39 is 23.9 Å². The highest BCUT2D eigenvalue weighted by Crippen LogP contribution is 2.45. The van der Waals surface area contributed by atoms with Gasteiger partial charge in [-0.05, 0) is 47.5 Å². The Morgan fingerprint density at radius 2 is 1.77 bits per heavy atom. The highest BCUT2D eigenvalue weighted by Gasteiger charge is 2.44. The first-order valence-corrected chi connectivity index (χ1v) is 11.9. The molecule has 2 atom stereocenters. The van der Waals surface area contributed by atoms with Crippen molar-refractivity contribution in [2.24, 2.45) is 4.99 Å². The average Bonchev–Trinajstić information content (AvgIpc) is 3.24. The molecule has 2 heterocycles. The van der Waals surface area contributed by atoms with Gasteiger partial charge in [0, 0.05) is 23.7 Å². The molecule has 0 bridgehead atoms. The van der Waals surface area contributed by atoms with Crippen molar-refractivity contribution in [2.75, 3.05) is 19.6 Å². The van der Waals surface area contributed by atoms with Crippen molar-refractivity contribution in [3.63, 3.8) is 0 Å². The quantitative estimate of drug-likeness (QED) is 0.524. The van der Waals surface area contributed by atoms with Crippen LogP contribution in [0.3, 0.4) is 0 Å². The molecule has 178 valence electrons. The van der Waals surface area contributed by atoms with E-state index in [0.717, 1.165) is 5.56 Å². The molecule has 35 heavy (non-hydrogen) atoms. The van der Waals surface area contributed by atoms with Crippen LogP contribution in [0.4, 0.5) is 9.18 Å². The van der Waals surface area contributed by atoms with Crippen molar-refractivity contribution in [3.8, 4) is 0 Å². The maximum atomic E-state index is 14.4. The zero-order valence-electron chi connectivity index (χ0n) is 18.5. The second-order valence-corrected chi connectivity index (χ2v) is 9.20. The Kier molecular flexibility index (Phi) is 6.45. The topological polar surface area (TPSA) is 65.0 Å². The summed E-state index contributed by atoms with van der Waals surface area (Å²) in [5, 5.41) is 3.73. The molecule has 0 aliphatic carbocycles. The number of nitrogens with zero attached hydrogens (tertiary/aromatic N) is 3. The van der Waals surface area contributed by atoms with Gasteiger partial charge >= 0.3 is 6.03 Å². The zero-order chi connectivity index (χ0) is 24.5. The third-order valence-corrected chi connectivity index (χ3v) is 6.68. The highest BCUT2D eigenvalue weighted by atomic mass is 35.5. The minimum atomic E-state index is -0.671. The first-order valence-electron chi connectivity index (χ1n) is 11.1. The molecular weight excluding hydrogens is 490 g/mol. The van der Waals surface area contributed by atoms with E-state index in [1.54, 1.807) is 42.5 Å². The van der Waals surface area contributed by atoms with Crippen molar-refractivity contribution >= 4 is 41.0 Å². The number of amides is 3. The van der Waals surface area contributed by atoms with Gasteiger partial charge in [0.1, 0.15) is 24.2 Å². The van der Waals surface area contributed by atoms with Crippen LogP contribution in [0.2, 0.25) is 10.0 Å². The van der Waals surface area contributed by atoms with Gasteiger partial charge in [0.25, 0.3) is 0 Å². The monoisotopic (exact) mass is 510 g/mol. The number of amidine groups is 1. The summed E-state index contributed by atoms with van der Waals surface area (Å²) in [5.41, 5.74) is 1.95. The molecule has 0 radical (unpaired) electrons. The molecule has 0 saturated carbocycles. The number of carbonyl (C=O) groups is 2. The maximum Gasteiger partial charge on any atom is 0.326 e. The number of halogens is 3. The van der Waals surface area contributed by atoms with Gasteiger partial charge in [0.2, 0.25) is 5.91 Å². The minimum absolute atomic E-state index is 0.0768. The van der Waals surface area contributed by atoms with Crippen LogP contribution in [-0.4, -0.2) is 47.2 Å². The minimum Gasteiger partial charge on any atom is -0.353 e. The maximum absolute atomic E-state index is 14.4. The summed E-state index contributed by atoms with van der Waals surface area (Å²) < 4.78 is 14.4. The molecule has 6 nitrogen and oxygen atoms in total. The van der Waals surface area contributed by atoms with E-state index in [-0.39, 0.29) is 12.5 Å². The van der Waals surface area contributed by atoms with E-state index in [1.807, 2.05) is 18.2 Å². The van der Waals surface area contributed by atoms with E-state index in [0.29, 0.717) is 40.1 Å². The van der Waals surface area contributed by atoms with Crippen molar-refractivity contribution in [1.82, 2.24) is 15.1 Å². The van der Waals surface area contributed by atoms with E-state index in [4.69, 9.17) is 28.2 Å². The summed E-state index contributed by atoms with van der Waals surface area (Å²) in [5.74, 6) is -0.300. The van der Waals surface area contributed by atoms with Crippen LogP contribution >= 0.6 is 23.2 Å². The number of hydrogen-bond donors (Lipinski definition) is 1. The van der Waals surface area contributed by atoms with Crippen LogP contribution in [0.5, 0.6) is 0 Å². The lowest BCUT2D eigenvalue weighted by atomic mass is 9.93. The summed E-state index contributed by atoms with van der Waals surface area (Å²) in [6.45, 7) is 0.618. The fourth-order valence-electron chi connectivity index (χ4n) is 4.48. The van der Waals surface area contributed by atoms with Crippen molar-refractivity contribution in [3.05, 3.63) is 105 Å². The van der Waals surface area contributed by atoms with Gasteiger partial charge < -0.3 is 10.2 Å². The fourth-order valence-corrected chi connectivity index (χ4v) is 4.83. The number of hydrogen-bond acceptors (Lipinski definition) is 3. The van der Waals surface area contributed by atoms with Crippen molar-refractivity contribution < 1.29 is 14.0 Å². The predicted octanol–water partition coefficient (Wildman–Crippen LogP) is 5.23. The summed E-state index contributed by atoms with van der Waals surface area (Å²) in [4.78, 5) is 34.0. The summed E-state index contributed by atoms with van der Waals surface area (Å²) in [6.07, 6.45) is 0. The number of nitrogens with one attached hydrogen (secondary N) is 1.